The highest BCUT2D eigenvalue weighted by Gasteiger charge is 2.31. The summed E-state index contributed by atoms with van der Waals surface area (Å²) in [7, 11) is 0. The normalized spacial score (nSPS) is 13.3. The maximum atomic E-state index is 13.2. The molecule has 0 unspecified atom stereocenters. The van der Waals surface area contributed by atoms with Gasteiger partial charge in [0.15, 0.2) is 11.4 Å². The SMILES string of the molecule is N#CC(C#N)=C1N=C(c2ccccc2)N(c2ccc(F)cc2)C1=N. The zero-order valence-corrected chi connectivity index (χ0v) is 12.4. The second kappa shape index (κ2) is 6.15. The Hall–Kier alpha value is -3.77. The van der Waals surface area contributed by atoms with Gasteiger partial charge >= 0.3 is 0 Å². The molecule has 24 heavy (non-hydrogen) atoms. The molecule has 0 fully saturated rings. The van der Waals surface area contributed by atoms with E-state index in [1.807, 2.05) is 30.3 Å². The summed E-state index contributed by atoms with van der Waals surface area (Å²) in [4.78, 5) is 5.81. The van der Waals surface area contributed by atoms with Crippen LogP contribution in [0.2, 0.25) is 0 Å². The molecular weight excluding hydrogens is 305 g/mol. The standard InChI is InChI=1S/C18H10FN5/c19-14-6-8-15(9-7-14)24-17(22)16(13(10-20)11-21)23-18(24)12-4-2-1-3-5-12/h1-9,22H. The quantitative estimate of drug-likeness (QED) is 0.862. The molecule has 2 aromatic rings. The highest BCUT2D eigenvalue weighted by Crippen LogP contribution is 2.28. The topological polar surface area (TPSA) is 87.0 Å². The van der Waals surface area contributed by atoms with E-state index in [1.165, 1.54) is 29.2 Å². The van der Waals surface area contributed by atoms with Gasteiger partial charge in [0.25, 0.3) is 0 Å². The molecule has 3 rings (SSSR count). The summed E-state index contributed by atoms with van der Waals surface area (Å²) in [6.45, 7) is 0. The molecule has 0 radical (unpaired) electrons. The van der Waals surface area contributed by atoms with Crippen molar-refractivity contribution >= 4 is 17.4 Å². The molecule has 1 N–H and O–H groups in total. The summed E-state index contributed by atoms with van der Waals surface area (Å²) in [5.41, 5.74) is 1.01. The van der Waals surface area contributed by atoms with Crippen LogP contribution in [0.3, 0.4) is 0 Å². The van der Waals surface area contributed by atoms with Crippen molar-refractivity contribution < 1.29 is 4.39 Å². The fourth-order valence-corrected chi connectivity index (χ4v) is 2.35. The second-order valence-electron chi connectivity index (χ2n) is 4.91. The van der Waals surface area contributed by atoms with Crippen LogP contribution in [-0.4, -0.2) is 11.7 Å². The van der Waals surface area contributed by atoms with Gasteiger partial charge in [0.2, 0.25) is 0 Å². The zero-order valence-electron chi connectivity index (χ0n) is 12.4. The summed E-state index contributed by atoms with van der Waals surface area (Å²) in [5.74, 6) is -0.0862. The maximum Gasteiger partial charge on any atom is 0.159 e. The highest BCUT2D eigenvalue weighted by atomic mass is 19.1. The minimum atomic E-state index is -0.395. The fraction of sp³-hybridized carbons (Fsp3) is 0. The number of nitrogens with zero attached hydrogens (tertiary/aromatic N) is 4. The minimum Gasteiger partial charge on any atom is -0.282 e. The van der Waals surface area contributed by atoms with Crippen LogP contribution in [-0.2, 0) is 0 Å². The van der Waals surface area contributed by atoms with E-state index >= 15 is 0 Å². The average molecular weight is 315 g/mol. The molecule has 0 bridgehead atoms. The highest BCUT2D eigenvalue weighted by molar-refractivity contribution is 6.33. The lowest BCUT2D eigenvalue weighted by atomic mass is 10.1. The average Bonchev–Trinajstić information content (AvgIpc) is 2.95. The number of hydrogen-bond acceptors (Lipinski definition) is 4. The molecule has 0 spiro atoms. The number of nitrogens with one attached hydrogen (secondary N) is 1. The van der Waals surface area contributed by atoms with Crippen LogP contribution < -0.4 is 4.90 Å². The third-order valence-corrected chi connectivity index (χ3v) is 3.45. The molecular formula is C18H10FN5. The van der Waals surface area contributed by atoms with Gasteiger partial charge in [-0.2, -0.15) is 10.5 Å². The van der Waals surface area contributed by atoms with E-state index in [0.29, 0.717) is 11.5 Å². The van der Waals surface area contributed by atoms with E-state index in [0.717, 1.165) is 5.56 Å². The summed E-state index contributed by atoms with van der Waals surface area (Å²) in [6.07, 6.45) is 0. The number of rotatable bonds is 2. The van der Waals surface area contributed by atoms with Gasteiger partial charge in [0.1, 0.15) is 29.5 Å². The van der Waals surface area contributed by atoms with Crippen LogP contribution in [0.4, 0.5) is 10.1 Å². The Bertz CT molecular complexity index is 928. The first-order valence-corrected chi connectivity index (χ1v) is 6.99. The van der Waals surface area contributed by atoms with Gasteiger partial charge in [-0.3, -0.25) is 10.3 Å². The van der Waals surface area contributed by atoms with E-state index in [9.17, 15) is 4.39 Å². The molecule has 0 saturated heterocycles. The molecule has 0 amide bonds. The Morgan fingerprint density at radius 2 is 1.62 bits per heavy atom. The Kier molecular flexibility index (Phi) is 3.88. The Morgan fingerprint density at radius 1 is 1.00 bits per heavy atom. The van der Waals surface area contributed by atoms with E-state index in [2.05, 4.69) is 4.99 Å². The molecule has 114 valence electrons. The third kappa shape index (κ3) is 2.53. The Labute approximate surface area is 137 Å². The van der Waals surface area contributed by atoms with Crippen LogP contribution in [0.15, 0.2) is 70.9 Å². The molecule has 5 nitrogen and oxygen atoms in total. The lowest BCUT2D eigenvalue weighted by molar-refractivity contribution is 0.628. The molecule has 6 heteroatoms. The number of benzene rings is 2. The number of anilines is 1. The van der Waals surface area contributed by atoms with Gasteiger partial charge in [-0.05, 0) is 24.3 Å². The van der Waals surface area contributed by atoms with Crippen molar-refractivity contribution in [3.8, 4) is 12.1 Å². The predicted octanol–water partition coefficient (Wildman–Crippen LogP) is 3.37. The zero-order chi connectivity index (χ0) is 17.1. The third-order valence-electron chi connectivity index (χ3n) is 3.45. The maximum absolute atomic E-state index is 13.2. The monoisotopic (exact) mass is 315 g/mol. The van der Waals surface area contributed by atoms with Crippen LogP contribution >= 0.6 is 0 Å². The van der Waals surface area contributed by atoms with Crippen molar-refractivity contribution in [3.63, 3.8) is 0 Å². The lowest BCUT2D eigenvalue weighted by Gasteiger charge is -2.20. The van der Waals surface area contributed by atoms with Crippen molar-refractivity contribution in [2.75, 3.05) is 4.90 Å². The first-order chi connectivity index (χ1) is 11.7. The van der Waals surface area contributed by atoms with Crippen LogP contribution in [0.25, 0.3) is 0 Å². The largest absolute Gasteiger partial charge is 0.282 e. The van der Waals surface area contributed by atoms with Crippen molar-refractivity contribution in [1.29, 1.82) is 15.9 Å². The Balaban J connectivity index is 2.20. The van der Waals surface area contributed by atoms with Gasteiger partial charge in [0, 0.05) is 11.3 Å². The number of hydrogen-bond donors (Lipinski definition) is 1. The van der Waals surface area contributed by atoms with E-state index < -0.39 is 5.82 Å². The van der Waals surface area contributed by atoms with Crippen LogP contribution in [0, 0.1) is 33.9 Å². The number of halogens is 1. The molecule has 1 aliphatic rings. The summed E-state index contributed by atoms with van der Waals surface area (Å²) >= 11 is 0. The van der Waals surface area contributed by atoms with Crippen molar-refractivity contribution in [1.82, 2.24) is 0 Å². The van der Waals surface area contributed by atoms with E-state index in [1.54, 1.807) is 12.1 Å². The lowest BCUT2D eigenvalue weighted by Crippen LogP contribution is -2.32. The first kappa shape index (κ1) is 15.1. The fourth-order valence-electron chi connectivity index (χ4n) is 2.35. The van der Waals surface area contributed by atoms with Gasteiger partial charge in [-0.1, -0.05) is 30.3 Å². The summed E-state index contributed by atoms with van der Waals surface area (Å²) in [5, 5.41) is 26.5. The predicted molar refractivity (Wildman–Crippen MR) is 87.8 cm³/mol. The van der Waals surface area contributed by atoms with Gasteiger partial charge in [0.05, 0.1) is 0 Å². The van der Waals surface area contributed by atoms with Gasteiger partial charge in [-0.15, -0.1) is 0 Å². The summed E-state index contributed by atoms with van der Waals surface area (Å²) in [6, 6.07) is 18.2. The molecule has 0 aromatic heterocycles. The van der Waals surface area contributed by atoms with E-state index in [-0.39, 0.29) is 17.1 Å². The number of amidine groups is 2. The van der Waals surface area contributed by atoms with E-state index in [4.69, 9.17) is 15.9 Å². The molecule has 1 heterocycles. The molecule has 0 aliphatic carbocycles. The second-order valence-corrected chi connectivity index (χ2v) is 4.91. The summed E-state index contributed by atoms with van der Waals surface area (Å²) < 4.78 is 13.2. The first-order valence-electron chi connectivity index (χ1n) is 6.99. The molecule has 0 atom stereocenters. The van der Waals surface area contributed by atoms with Gasteiger partial charge in [-0.25, -0.2) is 9.38 Å². The number of nitriles is 2. The molecule has 1 aliphatic heterocycles. The Morgan fingerprint density at radius 3 is 2.21 bits per heavy atom. The van der Waals surface area contributed by atoms with Crippen molar-refractivity contribution in [3.05, 3.63) is 77.2 Å². The van der Waals surface area contributed by atoms with Crippen LogP contribution in [0.5, 0.6) is 0 Å². The smallest absolute Gasteiger partial charge is 0.159 e. The van der Waals surface area contributed by atoms with Crippen molar-refractivity contribution in [2.24, 2.45) is 4.99 Å². The van der Waals surface area contributed by atoms with Crippen LogP contribution in [0.1, 0.15) is 5.56 Å². The van der Waals surface area contributed by atoms with Gasteiger partial charge < -0.3 is 0 Å². The molecule has 0 saturated carbocycles. The molecule has 2 aromatic carbocycles. The number of allylic oxidation sites excluding steroid dienone is 1. The van der Waals surface area contributed by atoms with Crippen molar-refractivity contribution in [2.45, 2.75) is 0 Å². The number of aliphatic imine (C=N–C) groups is 1. The minimum absolute atomic E-state index is 0.00294.